The van der Waals surface area contributed by atoms with Crippen LogP contribution >= 0.6 is 23.1 Å². The standard InChI is InChI=1S/C13H20N4S2/c1-13(2)9-14-12(19-13)17-5-3-16(4-6-17)7-11-8-18-10-15-11/h8,10H,3-7,9H2,1-2H3. The van der Waals surface area contributed by atoms with Crippen LogP contribution in [0.2, 0.25) is 0 Å². The van der Waals surface area contributed by atoms with Gasteiger partial charge in [0, 0.05) is 42.9 Å². The van der Waals surface area contributed by atoms with E-state index in [1.165, 1.54) is 10.9 Å². The molecule has 0 bridgehead atoms. The Bertz CT molecular complexity index is 447. The van der Waals surface area contributed by atoms with Gasteiger partial charge in [-0.2, -0.15) is 0 Å². The third kappa shape index (κ3) is 3.30. The van der Waals surface area contributed by atoms with Crippen LogP contribution in [0.5, 0.6) is 0 Å². The van der Waals surface area contributed by atoms with Gasteiger partial charge in [-0.25, -0.2) is 4.98 Å². The zero-order valence-corrected chi connectivity index (χ0v) is 13.1. The molecular weight excluding hydrogens is 276 g/mol. The number of hydrogen-bond acceptors (Lipinski definition) is 6. The largest absolute Gasteiger partial charge is 0.349 e. The van der Waals surface area contributed by atoms with E-state index in [2.05, 4.69) is 39.0 Å². The van der Waals surface area contributed by atoms with E-state index in [0.29, 0.717) is 0 Å². The number of amidine groups is 1. The molecule has 1 aromatic rings. The number of piperazine rings is 1. The zero-order chi connectivity index (χ0) is 13.3. The molecule has 6 heteroatoms. The van der Waals surface area contributed by atoms with E-state index in [1.54, 1.807) is 11.3 Å². The molecule has 0 aliphatic carbocycles. The maximum absolute atomic E-state index is 4.69. The summed E-state index contributed by atoms with van der Waals surface area (Å²) < 4.78 is 0.285. The lowest BCUT2D eigenvalue weighted by molar-refractivity contribution is 0.176. The van der Waals surface area contributed by atoms with E-state index < -0.39 is 0 Å². The Balaban J connectivity index is 1.50. The van der Waals surface area contributed by atoms with Gasteiger partial charge in [0.2, 0.25) is 0 Å². The van der Waals surface area contributed by atoms with Crippen molar-refractivity contribution < 1.29 is 0 Å². The van der Waals surface area contributed by atoms with Gasteiger partial charge in [0.25, 0.3) is 0 Å². The molecule has 19 heavy (non-hydrogen) atoms. The first-order chi connectivity index (χ1) is 9.12. The Kier molecular flexibility index (Phi) is 3.82. The lowest BCUT2D eigenvalue weighted by Crippen LogP contribution is -2.47. The third-order valence-corrected chi connectivity index (χ3v) is 5.36. The molecule has 0 amide bonds. The average Bonchev–Trinajstić information content (AvgIpc) is 3.00. The molecule has 0 radical (unpaired) electrons. The van der Waals surface area contributed by atoms with Gasteiger partial charge in [0.05, 0.1) is 17.7 Å². The first-order valence-corrected chi connectivity index (χ1v) is 8.46. The van der Waals surface area contributed by atoms with Crippen molar-refractivity contribution in [3.63, 3.8) is 0 Å². The van der Waals surface area contributed by atoms with Crippen LogP contribution in [0.4, 0.5) is 0 Å². The van der Waals surface area contributed by atoms with E-state index in [0.717, 1.165) is 39.3 Å². The molecule has 2 aliphatic heterocycles. The number of nitrogens with zero attached hydrogens (tertiary/aromatic N) is 4. The van der Waals surface area contributed by atoms with Crippen molar-refractivity contribution in [2.24, 2.45) is 4.99 Å². The summed E-state index contributed by atoms with van der Waals surface area (Å²) in [6.07, 6.45) is 0. The van der Waals surface area contributed by atoms with Crippen LogP contribution in [0, 0.1) is 0 Å². The Morgan fingerprint density at radius 2 is 2.05 bits per heavy atom. The molecule has 0 aromatic carbocycles. The second-order valence-corrected chi connectivity index (χ2v) is 8.10. The highest BCUT2D eigenvalue weighted by Crippen LogP contribution is 2.33. The van der Waals surface area contributed by atoms with E-state index >= 15 is 0 Å². The van der Waals surface area contributed by atoms with E-state index in [1.807, 2.05) is 17.3 Å². The molecule has 0 N–H and O–H groups in total. The quantitative estimate of drug-likeness (QED) is 0.837. The minimum atomic E-state index is 0.285. The maximum atomic E-state index is 4.69. The number of rotatable bonds is 2. The van der Waals surface area contributed by atoms with Crippen molar-refractivity contribution in [3.8, 4) is 0 Å². The molecule has 0 unspecified atom stereocenters. The molecule has 0 saturated carbocycles. The van der Waals surface area contributed by atoms with Gasteiger partial charge >= 0.3 is 0 Å². The number of aromatic nitrogens is 1. The van der Waals surface area contributed by atoms with Crippen LogP contribution in [0.1, 0.15) is 19.5 Å². The third-order valence-electron chi connectivity index (χ3n) is 3.47. The monoisotopic (exact) mass is 296 g/mol. The van der Waals surface area contributed by atoms with Gasteiger partial charge < -0.3 is 4.90 Å². The van der Waals surface area contributed by atoms with Gasteiger partial charge in [-0.15, -0.1) is 11.3 Å². The SMILES string of the molecule is CC1(C)CN=C(N2CCN(Cc3cscn3)CC2)S1. The first kappa shape index (κ1) is 13.4. The summed E-state index contributed by atoms with van der Waals surface area (Å²) in [4.78, 5) is 14.0. The second-order valence-electron chi connectivity index (χ2n) is 5.70. The van der Waals surface area contributed by atoms with Crippen molar-refractivity contribution >= 4 is 28.3 Å². The fourth-order valence-electron chi connectivity index (χ4n) is 2.38. The highest BCUT2D eigenvalue weighted by molar-refractivity contribution is 8.15. The van der Waals surface area contributed by atoms with Crippen molar-refractivity contribution in [2.75, 3.05) is 32.7 Å². The predicted molar refractivity (Wildman–Crippen MR) is 82.9 cm³/mol. The molecule has 1 saturated heterocycles. The van der Waals surface area contributed by atoms with Crippen molar-refractivity contribution in [1.82, 2.24) is 14.8 Å². The van der Waals surface area contributed by atoms with Crippen LogP contribution in [0.25, 0.3) is 0 Å². The summed E-state index contributed by atoms with van der Waals surface area (Å²) in [5, 5.41) is 3.39. The lowest BCUT2D eigenvalue weighted by atomic mass is 10.2. The molecule has 1 aromatic heterocycles. The molecule has 3 heterocycles. The van der Waals surface area contributed by atoms with Crippen LogP contribution in [-0.2, 0) is 6.54 Å². The smallest absolute Gasteiger partial charge is 0.159 e. The van der Waals surface area contributed by atoms with Crippen LogP contribution in [0.3, 0.4) is 0 Å². The fraction of sp³-hybridized carbons (Fsp3) is 0.692. The number of hydrogen-bond donors (Lipinski definition) is 0. The lowest BCUT2D eigenvalue weighted by Gasteiger charge is -2.35. The molecule has 0 atom stereocenters. The van der Waals surface area contributed by atoms with Crippen LogP contribution in [-0.4, -0.2) is 57.4 Å². The highest BCUT2D eigenvalue weighted by Gasteiger charge is 2.31. The minimum Gasteiger partial charge on any atom is -0.349 e. The molecule has 4 nitrogen and oxygen atoms in total. The Morgan fingerprint density at radius 3 is 2.63 bits per heavy atom. The molecule has 3 rings (SSSR count). The Hall–Kier alpha value is -0.590. The molecular formula is C13H20N4S2. The summed E-state index contributed by atoms with van der Waals surface area (Å²) in [5.74, 6) is 0. The average molecular weight is 296 g/mol. The molecule has 0 spiro atoms. The van der Waals surface area contributed by atoms with Crippen molar-refractivity contribution in [3.05, 3.63) is 16.6 Å². The highest BCUT2D eigenvalue weighted by atomic mass is 32.2. The topological polar surface area (TPSA) is 31.7 Å². The van der Waals surface area contributed by atoms with E-state index in [9.17, 15) is 0 Å². The Labute approximate surface area is 122 Å². The maximum Gasteiger partial charge on any atom is 0.159 e. The van der Waals surface area contributed by atoms with Gasteiger partial charge in [-0.1, -0.05) is 11.8 Å². The summed E-state index contributed by atoms with van der Waals surface area (Å²) in [6, 6.07) is 0. The number of thiazole rings is 1. The first-order valence-electron chi connectivity index (χ1n) is 6.70. The normalized spacial score (nSPS) is 23.7. The number of aliphatic imine (C=N–C) groups is 1. The van der Waals surface area contributed by atoms with Crippen LogP contribution < -0.4 is 0 Å². The summed E-state index contributed by atoms with van der Waals surface area (Å²) in [6.45, 7) is 10.9. The summed E-state index contributed by atoms with van der Waals surface area (Å²) in [7, 11) is 0. The van der Waals surface area contributed by atoms with Gasteiger partial charge in [0.15, 0.2) is 5.17 Å². The fourth-order valence-corrected chi connectivity index (χ4v) is 3.99. The molecule has 104 valence electrons. The summed E-state index contributed by atoms with van der Waals surface area (Å²) in [5.41, 5.74) is 3.12. The predicted octanol–water partition coefficient (Wildman–Crippen LogP) is 2.14. The molecule has 1 fully saturated rings. The van der Waals surface area contributed by atoms with Crippen LogP contribution in [0.15, 0.2) is 15.9 Å². The second kappa shape index (κ2) is 5.42. The number of thioether (sulfide) groups is 1. The van der Waals surface area contributed by atoms with Crippen molar-refractivity contribution in [2.45, 2.75) is 25.1 Å². The van der Waals surface area contributed by atoms with Crippen molar-refractivity contribution in [1.29, 1.82) is 0 Å². The summed E-state index contributed by atoms with van der Waals surface area (Å²) >= 11 is 3.61. The Morgan fingerprint density at radius 1 is 1.26 bits per heavy atom. The van der Waals surface area contributed by atoms with E-state index in [4.69, 9.17) is 0 Å². The van der Waals surface area contributed by atoms with E-state index in [-0.39, 0.29) is 4.75 Å². The van der Waals surface area contributed by atoms with Gasteiger partial charge in [-0.05, 0) is 13.8 Å². The van der Waals surface area contributed by atoms with Gasteiger partial charge in [0.1, 0.15) is 0 Å². The van der Waals surface area contributed by atoms with Gasteiger partial charge in [-0.3, -0.25) is 9.89 Å². The minimum absolute atomic E-state index is 0.285. The zero-order valence-electron chi connectivity index (χ0n) is 11.5. The molecule has 2 aliphatic rings.